The highest BCUT2D eigenvalue weighted by Gasteiger charge is 2.39. The second kappa shape index (κ2) is 6.93. The first-order chi connectivity index (χ1) is 14.4. The summed E-state index contributed by atoms with van der Waals surface area (Å²) < 4.78 is 13.2. The Morgan fingerprint density at radius 2 is 1.55 bits per heavy atom. The van der Waals surface area contributed by atoms with Crippen molar-refractivity contribution in [2.45, 2.75) is 24.9 Å². The molecule has 0 aliphatic carbocycles. The summed E-state index contributed by atoms with van der Waals surface area (Å²) in [4.78, 5) is 23.7. The molecule has 6 rings (SSSR count). The lowest BCUT2D eigenvalue weighted by atomic mass is 10.2. The molecule has 150 valence electrons. The predicted octanol–water partition coefficient (Wildman–Crippen LogP) is 1.41. The van der Waals surface area contributed by atoms with Gasteiger partial charge in [0.15, 0.2) is 0 Å². The van der Waals surface area contributed by atoms with Crippen LogP contribution in [0.1, 0.15) is 12.8 Å². The zero-order valence-electron chi connectivity index (χ0n) is 16.1. The van der Waals surface area contributed by atoms with Crippen LogP contribution in [0.15, 0.2) is 30.6 Å². The molecule has 2 atom stereocenters. The fourth-order valence-electron chi connectivity index (χ4n) is 4.54. The number of rotatable bonds is 3. The average Bonchev–Trinajstić information content (AvgIpc) is 3.32. The summed E-state index contributed by atoms with van der Waals surface area (Å²) in [5, 5.41) is 0. The van der Waals surface area contributed by atoms with E-state index in [9.17, 15) is 0 Å². The van der Waals surface area contributed by atoms with E-state index in [2.05, 4.69) is 14.8 Å². The number of morpholine rings is 2. The monoisotopic (exact) mass is 393 g/mol. The topological polar surface area (TPSA) is 81.4 Å². The number of nitrogens with zero attached hydrogens (tertiary/aromatic N) is 7. The smallest absolute Gasteiger partial charge is 0.242 e. The van der Waals surface area contributed by atoms with Gasteiger partial charge in [0, 0.05) is 13.1 Å². The maximum atomic E-state index is 5.76. The molecule has 3 aliphatic rings. The third kappa shape index (κ3) is 2.92. The van der Waals surface area contributed by atoms with Crippen molar-refractivity contribution >= 4 is 22.9 Å². The molecule has 3 saturated heterocycles. The minimum Gasteiger partial charge on any atom is -0.378 e. The molecule has 3 fully saturated rings. The summed E-state index contributed by atoms with van der Waals surface area (Å²) in [5.41, 5.74) is 1.91. The van der Waals surface area contributed by atoms with Crippen LogP contribution in [-0.4, -0.2) is 76.1 Å². The number of ether oxygens (including phenoxy) is 2. The zero-order valence-corrected chi connectivity index (χ0v) is 16.1. The Bertz CT molecular complexity index is 1020. The quantitative estimate of drug-likeness (QED) is 0.661. The van der Waals surface area contributed by atoms with Crippen molar-refractivity contribution in [1.82, 2.24) is 24.5 Å². The fourth-order valence-corrected chi connectivity index (χ4v) is 4.54. The van der Waals surface area contributed by atoms with Gasteiger partial charge in [-0.3, -0.25) is 4.57 Å². The molecule has 0 saturated carbocycles. The number of anilines is 2. The number of benzene rings is 1. The van der Waals surface area contributed by atoms with E-state index in [1.165, 1.54) is 0 Å². The second-order valence-corrected chi connectivity index (χ2v) is 7.77. The Balaban J connectivity index is 1.48. The van der Waals surface area contributed by atoms with Crippen molar-refractivity contribution in [3.63, 3.8) is 0 Å². The number of aromatic nitrogens is 5. The van der Waals surface area contributed by atoms with Crippen LogP contribution in [0.25, 0.3) is 17.0 Å². The number of imidazole rings is 1. The summed E-state index contributed by atoms with van der Waals surface area (Å²) in [5.74, 6) is 2.05. The summed E-state index contributed by atoms with van der Waals surface area (Å²) >= 11 is 0. The maximum Gasteiger partial charge on any atom is 0.242 e. The van der Waals surface area contributed by atoms with Gasteiger partial charge in [0.05, 0.1) is 49.5 Å². The molecule has 2 bridgehead atoms. The van der Waals surface area contributed by atoms with E-state index in [1.54, 1.807) is 6.33 Å². The van der Waals surface area contributed by atoms with Crippen LogP contribution in [0.4, 0.5) is 11.9 Å². The van der Waals surface area contributed by atoms with Gasteiger partial charge in [-0.2, -0.15) is 15.0 Å². The van der Waals surface area contributed by atoms with Crippen molar-refractivity contribution < 1.29 is 9.47 Å². The van der Waals surface area contributed by atoms with Crippen LogP contribution in [0, 0.1) is 0 Å². The van der Waals surface area contributed by atoms with E-state index in [0.29, 0.717) is 37.2 Å². The molecule has 0 spiro atoms. The molecule has 9 heteroatoms. The third-order valence-electron chi connectivity index (χ3n) is 6.03. The van der Waals surface area contributed by atoms with E-state index in [1.807, 2.05) is 28.8 Å². The molecule has 0 radical (unpaired) electrons. The molecule has 5 heterocycles. The standard InChI is InChI=1S/C20H23N7O2/c1-2-4-17-16(3-1)21-13-26(17)19-22-18(25-7-9-28-10-8-25)23-20(24-19)27-14-5-6-15(27)12-29-11-14/h1-4,13-15H,5-12H2. The van der Waals surface area contributed by atoms with Crippen molar-refractivity contribution in [1.29, 1.82) is 0 Å². The van der Waals surface area contributed by atoms with Gasteiger partial charge in [0.25, 0.3) is 0 Å². The lowest BCUT2D eigenvalue weighted by molar-refractivity contribution is 0.0897. The highest BCUT2D eigenvalue weighted by Crippen LogP contribution is 2.33. The SMILES string of the molecule is c1ccc2c(c1)ncn2-c1nc(N2CCOCC2)nc(N2C3CCC2COC3)n1. The molecular weight excluding hydrogens is 370 g/mol. The van der Waals surface area contributed by atoms with Crippen LogP contribution in [0.3, 0.4) is 0 Å². The molecule has 9 nitrogen and oxygen atoms in total. The largest absolute Gasteiger partial charge is 0.378 e. The number of hydrogen-bond acceptors (Lipinski definition) is 8. The molecule has 0 amide bonds. The van der Waals surface area contributed by atoms with E-state index in [0.717, 1.165) is 56.1 Å². The molecule has 3 aromatic rings. The molecule has 3 aliphatic heterocycles. The van der Waals surface area contributed by atoms with Gasteiger partial charge in [-0.1, -0.05) is 12.1 Å². The molecule has 29 heavy (non-hydrogen) atoms. The number of para-hydroxylation sites is 2. The van der Waals surface area contributed by atoms with Gasteiger partial charge in [-0.05, 0) is 25.0 Å². The summed E-state index contributed by atoms with van der Waals surface area (Å²) in [6, 6.07) is 8.70. The highest BCUT2D eigenvalue weighted by molar-refractivity contribution is 5.76. The van der Waals surface area contributed by atoms with Gasteiger partial charge in [0.1, 0.15) is 6.33 Å². The van der Waals surface area contributed by atoms with Crippen LogP contribution in [0.2, 0.25) is 0 Å². The van der Waals surface area contributed by atoms with Gasteiger partial charge in [-0.25, -0.2) is 4.98 Å². The van der Waals surface area contributed by atoms with Crippen LogP contribution in [0.5, 0.6) is 0 Å². The first-order valence-corrected chi connectivity index (χ1v) is 10.2. The Morgan fingerprint density at radius 3 is 2.38 bits per heavy atom. The first kappa shape index (κ1) is 17.1. The molecule has 0 N–H and O–H groups in total. The second-order valence-electron chi connectivity index (χ2n) is 7.77. The number of fused-ring (bicyclic) bond motifs is 3. The van der Waals surface area contributed by atoms with Crippen LogP contribution < -0.4 is 9.80 Å². The van der Waals surface area contributed by atoms with E-state index in [4.69, 9.17) is 24.4 Å². The molecule has 2 unspecified atom stereocenters. The predicted molar refractivity (Wildman–Crippen MR) is 108 cm³/mol. The zero-order chi connectivity index (χ0) is 19.2. The van der Waals surface area contributed by atoms with Crippen molar-refractivity contribution in [2.75, 3.05) is 49.3 Å². The van der Waals surface area contributed by atoms with E-state index < -0.39 is 0 Å². The molecular formula is C20H23N7O2. The minimum absolute atomic E-state index is 0.334. The lowest BCUT2D eigenvalue weighted by Crippen LogP contribution is -2.47. The lowest BCUT2D eigenvalue weighted by Gasteiger charge is -2.35. The summed E-state index contributed by atoms with van der Waals surface area (Å²) in [7, 11) is 0. The van der Waals surface area contributed by atoms with Crippen molar-refractivity contribution in [3.05, 3.63) is 30.6 Å². The number of hydrogen-bond donors (Lipinski definition) is 0. The minimum atomic E-state index is 0.334. The van der Waals surface area contributed by atoms with Crippen molar-refractivity contribution in [3.8, 4) is 5.95 Å². The van der Waals surface area contributed by atoms with Gasteiger partial charge >= 0.3 is 0 Å². The summed E-state index contributed by atoms with van der Waals surface area (Å²) in [6.45, 7) is 4.41. The molecule has 2 aromatic heterocycles. The Labute approximate surface area is 168 Å². The van der Waals surface area contributed by atoms with Gasteiger partial charge in [-0.15, -0.1) is 0 Å². The first-order valence-electron chi connectivity index (χ1n) is 10.2. The van der Waals surface area contributed by atoms with Crippen molar-refractivity contribution in [2.24, 2.45) is 0 Å². The third-order valence-corrected chi connectivity index (χ3v) is 6.03. The van der Waals surface area contributed by atoms with E-state index >= 15 is 0 Å². The Hall–Kier alpha value is -2.78. The van der Waals surface area contributed by atoms with Crippen LogP contribution in [-0.2, 0) is 9.47 Å². The normalized spacial score (nSPS) is 24.4. The Morgan fingerprint density at radius 1 is 0.828 bits per heavy atom. The fraction of sp³-hybridized carbons (Fsp3) is 0.500. The average molecular weight is 393 g/mol. The van der Waals surface area contributed by atoms with Gasteiger partial charge < -0.3 is 19.3 Å². The van der Waals surface area contributed by atoms with Gasteiger partial charge in [0.2, 0.25) is 17.8 Å². The van der Waals surface area contributed by atoms with E-state index in [-0.39, 0.29) is 0 Å². The van der Waals surface area contributed by atoms with Crippen LogP contribution >= 0.6 is 0 Å². The highest BCUT2D eigenvalue weighted by atomic mass is 16.5. The molecule has 1 aromatic carbocycles. The Kier molecular flexibility index (Phi) is 4.09. The maximum absolute atomic E-state index is 5.76. The summed E-state index contributed by atoms with van der Waals surface area (Å²) in [6.07, 6.45) is 4.03.